The SMILES string of the molecule is CCN(CC)C(=O)CCNC1CC(c2ccccc2F)C1. The number of hydrogen-bond donors (Lipinski definition) is 1. The first-order valence-corrected chi connectivity index (χ1v) is 7.91. The van der Waals surface area contributed by atoms with Gasteiger partial charge in [0.1, 0.15) is 5.82 Å². The summed E-state index contributed by atoms with van der Waals surface area (Å²) in [5, 5.41) is 3.40. The monoisotopic (exact) mass is 292 g/mol. The molecule has 3 nitrogen and oxygen atoms in total. The highest BCUT2D eigenvalue weighted by Gasteiger charge is 2.31. The molecule has 0 unspecified atom stereocenters. The van der Waals surface area contributed by atoms with E-state index >= 15 is 0 Å². The number of carbonyl (C=O) groups excluding carboxylic acids is 1. The van der Waals surface area contributed by atoms with Crippen LogP contribution in [0.2, 0.25) is 0 Å². The number of nitrogens with one attached hydrogen (secondary N) is 1. The molecular weight excluding hydrogens is 267 g/mol. The van der Waals surface area contributed by atoms with Gasteiger partial charge in [0.25, 0.3) is 0 Å². The van der Waals surface area contributed by atoms with Gasteiger partial charge in [0.2, 0.25) is 5.91 Å². The van der Waals surface area contributed by atoms with Crippen molar-refractivity contribution >= 4 is 5.91 Å². The van der Waals surface area contributed by atoms with Crippen LogP contribution in [-0.2, 0) is 4.79 Å². The molecule has 1 aromatic carbocycles. The minimum atomic E-state index is -0.0994. The zero-order valence-corrected chi connectivity index (χ0v) is 12.9. The van der Waals surface area contributed by atoms with Gasteiger partial charge in [0, 0.05) is 32.1 Å². The lowest BCUT2D eigenvalue weighted by atomic mass is 9.75. The van der Waals surface area contributed by atoms with Crippen molar-refractivity contribution in [3.8, 4) is 0 Å². The van der Waals surface area contributed by atoms with Crippen molar-refractivity contribution in [3.05, 3.63) is 35.6 Å². The maximum atomic E-state index is 13.6. The Balaban J connectivity index is 1.67. The van der Waals surface area contributed by atoms with Gasteiger partial charge >= 0.3 is 0 Å². The van der Waals surface area contributed by atoms with E-state index in [1.54, 1.807) is 6.07 Å². The summed E-state index contributed by atoms with van der Waals surface area (Å²) < 4.78 is 13.6. The normalized spacial score (nSPS) is 20.9. The fourth-order valence-electron chi connectivity index (χ4n) is 2.96. The van der Waals surface area contributed by atoms with E-state index in [4.69, 9.17) is 0 Å². The molecular formula is C17H25FN2O. The molecule has 0 heterocycles. The first-order valence-electron chi connectivity index (χ1n) is 7.91. The molecule has 116 valence electrons. The third kappa shape index (κ3) is 4.03. The Bertz CT molecular complexity index is 468. The summed E-state index contributed by atoms with van der Waals surface area (Å²) in [6.45, 7) is 6.26. The van der Waals surface area contributed by atoms with E-state index in [1.807, 2.05) is 30.9 Å². The topological polar surface area (TPSA) is 32.3 Å². The molecule has 0 atom stereocenters. The number of amides is 1. The minimum absolute atomic E-state index is 0.0994. The van der Waals surface area contributed by atoms with Crippen molar-refractivity contribution in [3.63, 3.8) is 0 Å². The molecule has 0 bridgehead atoms. The van der Waals surface area contributed by atoms with E-state index in [0.29, 0.717) is 24.9 Å². The molecule has 0 radical (unpaired) electrons. The molecule has 0 aliphatic heterocycles. The second-order valence-electron chi connectivity index (χ2n) is 5.66. The first-order chi connectivity index (χ1) is 10.2. The predicted molar refractivity (Wildman–Crippen MR) is 82.7 cm³/mol. The Kier molecular flexibility index (Phi) is 5.74. The summed E-state index contributed by atoms with van der Waals surface area (Å²) in [6.07, 6.45) is 2.46. The zero-order valence-electron chi connectivity index (χ0n) is 12.9. The van der Waals surface area contributed by atoms with Crippen molar-refractivity contribution in [2.75, 3.05) is 19.6 Å². The second-order valence-corrected chi connectivity index (χ2v) is 5.66. The van der Waals surface area contributed by atoms with Crippen LogP contribution in [0.15, 0.2) is 24.3 Å². The Morgan fingerprint density at radius 3 is 2.57 bits per heavy atom. The Hall–Kier alpha value is -1.42. The van der Waals surface area contributed by atoms with Crippen molar-refractivity contribution in [2.45, 2.75) is 45.1 Å². The van der Waals surface area contributed by atoms with Crippen molar-refractivity contribution in [1.82, 2.24) is 10.2 Å². The van der Waals surface area contributed by atoms with Gasteiger partial charge in [-0.3, -0.25) is 4.79 Å². The van der Waals surface area contributed by atoms with Crippen molar-refractivity contribution in [2.24, 2.45) is 0 Å². The maximum absolute atomic E-state index is 13.6. The molecule has 2 rings (SSSR count). The molecule has 0 spiro atoms. The average Bonchev–Trinajstić information content (AvgIpc) is 2.44. The van der Waals surface area contributed by atoms with Crippen LogP contribution in [0.4, 0.5) is 4.39 Å². The largest absolute Gasteiger partial charge is 0.343 e. The standard InChI is InChI=1S/C17H25FN2O/c1-3-20(4-2)17(21)9-10-19-14-11-13(12-14)15-7-5-6-8-16(15)18/h5-8,13-14,19H,3-4,9-12H2,1-2H3. The first kappa shape index (κ1) is 16.0. The second kappa shape index (κ2) is 7.55. The number of rotatable bonds is 7. The third-order valence-corrected chi connectivity index (χ3v) is 4.37. The van der Waals surface area contributed by atoms with E-state index in [1.165, 1.54) is 6.07 Å². The van der Waals surface area contributed by atoms with Gasteiger partial charge in [-0.1, -0.05) is 18.2 Å². The van der Waals surface area contributed by atoms with Gasteiger partial charge in [-0.2, -0.15) is 0 Å². The zero-order chi connectivity index (χ0) is 15.2. The number of carbonyl (C=O) groups is 1. The lowest BCUT2D eigenvalue weighted by Crippen LogP contribution is -2.42. The fraction of sp³-hybridized carbons (Fsp3) is 0.588. The molecule has 0 aromatic heterocycles. The van der Waals surface area contributed by atoms with Gasteiger partial charge in [-0.05, 0) is 44.2 Å². The van der Waals surface area contributed by atoms with Gasteiger partial charge in [-0.15, -0.1) is 0 Å². The third-order valence-electron chi connectivity index (χ3n) is 4.37. The molecule has 1 saturated carbocycles. The summed E-state index contributed by atoms with van der Waals surface area (Å²) >= 11 is 0. The van der Waals surface area contributed by atoms with Gasteiger partial charge < -0.3 is 10.2 Å². The van der Waals surface area contributed by atoms with Crippen LogP contribution in [-0.4, -0.2) is 36.5 Å². The Morgan fingerprint density at radius 1 is 1.29 bits per heavy atom. The van der Waals surface area contributed by atoms with Crippen molar-refractivity contribution in [1.29, 1.82) is 0 Å². The molecule has 1 N–H and O–H groups in total. The summed E-state index contributed by atoms with van der Waals surface area (Å²) in [5.41, 5.74) is 0.828. The quantitative estimate of drug-likeness (QED) is 0.838. The van der Waals surface area contributed by atoms with Crippen LogP contribution >= 0.6 is 0 Å². The Labute approximate surface area is 126 Å². The number of benzene rings is 1. The average molecular weight is 292 g/mol. The highest BCUT2D eigenvalue weighted by atomic mass is 19.1. The van der Waals surface area contributed by atoms with E-state index in [9.17, 15) is 9.18 Å². The van der Waals surface area contributed by atoms with Gasteiger partial charge in [-0.25, -0.2) is 4.39 Å². The number of nitrogens with zero attached hydrogens (tertiary/aromatic N) is 1. The summed E-state index contributed by atoms with van der Waals surface area (Å²) in [4.78, 5) is 13.7. The van der Waals surface area contributed by atoms with Crippen molar-refractivity contribution < 1.29 is 9.18 Å². The predicted octanol–water partition coefficient (Wildman–Crippen LogP) is 2.92. The molecule has 1 fully saturated rings. The van der Waals surface area contributed by atoms with Crippen LogP contribution in [0.25, 0.3) is 0 Å². The maximum Gasteiger partial charge on any atom is 0.223 e. The highest BCUT2D eigenvalue weighted by Crippen LogP contribution is 2.37. The van der Waals surface area contributed by atoms with Gasteiger partial charge in [0.05, 0.1) is 0 Å². The summed E-state index contributed by atoms with van der Waals surface area (Å²) in [6, 6.07) is 7.44. The van der Waals surface area contributed by atoms with E-state index in [0.717, 1.165) is 31.5 Å². The molecule has 0 saturated heterocycles. The van der Waals surface area contributed by atoms with Crippen LogP contribution in [0, 0.1) is 5.82 Å². The molecule has 4 heteroatoms. The van der Waals surface area contributed by atoms with Gasteiger partial charge in [0.15, 0.2) is 0 Å². The fourth-order valence-corrected chi connectivity index (χ4v) is 2.96. The van der Waals surface area contributed by atoms with Crippen LogP contribution < -0.4 is 5.32 Å². The highest BCUT2D eigenvalue weighted by molar-refractivity contribution is 5.76. The number of halogens is 1. The minimum Gasteiger partial charge on any atom is -0.343 e. The lowest BCUT2D eigenvalue weighted by molar-refractivity contribution is -0.130. The molecule has 1 aliphatic carbocycles. The van der Waals surface area contributed by atoms with E-state index in [-0.39, 0.29) is 11.7 Å². The van der Waals surface area contributed by atoms with Crippen LogP contribution in [0.5, 0.6) is 0 Å². The molecule has 1 amide bonds. The number of hydrogen-bond acceptors (Lipinski definition) is 2. The smallest absolute Gasteiger partial charge is 0.223 e. The Morgan fingerprint density at radius 2 is 1.95 bits per heavy atom. The van der Waals surface area contributed by atoms with Crippen LogP contribution in [0.3, 0.4) is 0 Å². The van der Waals surface area contributed by atoms with Crippen LogP contribution in [0.1, 0.15) is 44.6 Å². The van der Waals surface area contributed by atoms with E-state index in [2.05, 4.69) is 5.32 Å². The lowest BCUT2D eigenvalue weighted by Gasteiger charge is -2.36. The molecule has 1 aromatic rings. The van der Waals surface area contributed by atoms with E-state index < -0.39 is 0 Å². The summed E-state index contributed by atoms with van der Waals surface area (Å²) in [7, 11) is 0. The summed E-state index contributed by atoms with van der Waals surface area (Å²) in [5.74, 6) is 0.428. The molecule has 1 aliphatic rings. The molecule has 21 heavy (non-hydrogen) atoms.